The first-order valence-corrected chi connectivity index (χ1v) is 14.4. The van der Waals surface area contributed by atoms with Crippen molar-refractivity contribution in [2.75, 3.05) is 24.2 Å². The number of para-hydroxylation sites is 1. The molecule has 1 unspecified atom stereocenters. The van der Waals surface area contributed by atoms with E-state index in [1.165, 1.54) is 11.8 Å². The van der Waals surface area contributed by atoms with Crippen LogP contribution in [0.4, 0.5) is 11.4 Å². The largest absolute Gasteiger partial charge is 0.478 e. The highest BCUT2D eigenvalue weighted by Crippen LogP contribution is 2.57. The van der Waals surface area contributed by atoms with Gasteiger partial charge in [0.05, 0.1) is 11.3 Å². The molecule has 1 atom stereocenters. The Hall–Kier alpha value is -2.81. The van der Waals surface area contributed by atoms with E-state index in [0.717, 1.165) is 35.4 Å². The van der Waals surface area contributed by atoms with Gasteiger partial charge in [0.15, 0.2) is 0 Å². The second-order valence-electron chi connectivity index (χ2n) is 9.76. The van der Waals surface area contributed by atoms with Gasteiger partial charge in [-0.05, 0) is 78.5 Å². The Labute approximate surface area is 209 Å². The van der Waals surface area contributed by atoms with Crippen LogP contribution in [0, 0.1) is 5.41 Å². The van der Waals surface area contributed by atoms with Crippen molar-refractivity contribution < 1.29 is 18.3 Å². The number of hydrogen-bond acceptors (Lipinski definition) is 5. The fourth-order valence-electron chi connectivity index (χ4n) is 5.57. The van der Waals surface area contributed by atoms with E-state index in [0.29, 0.717) is 24.3 Å². The van der Waals surface area contributed by atoms with Crippen molar-refractivity contribution in [1.29, 1.82) is 0 Å². The van der Waals surface area contributed by atoms with Crippen LogP contribution in [-0.4, -0.2) is 49.2 Å². The molecule has 6 rings (SSSR count). The second kappa shape index (κ2) is 8.11. The summed E-state index contributed by atoms with van der Waals surface area (Å²) in [5, 5.41) is 9.50. The summed E-state index contributed by atoms with van der Waals surface area (Å²) >= 11 is 1.53. The molecule has 1 spiro atoms. The maximum Gasteiger partial charge on any atom is 0.335 e. The van der Waals surface area contributed by atoms with Gasteiger partial charge >= 0.3 is 5.97 Å². The number of hydrogen-bond donors (Lipinski definition) is 1. The third-order valence-corrected chi connectivity index (χ3v) is 10.3. The van der Waals surface area contributed by atoms with Gasteiger partial charge in [0.25, 0.3) is 0 Å². The Morgan fingerprint density at radius 1 is 1.06 bits per heavy atom. The van der Waals surface area contributed by atoms with Gasteiger partial charge in [-0.2, -0.15) is 4.31 Å². The number of sulfonamides is 1. The van der Waals surface area contributed by atoms with E-state index in [1.807, 2.05) is 48.7 Å². The van der Waals surface area contributed by atoms with Crippen LogP contribution in [0.25, 0.3) is 11.1 Å². The predicted molar refractivity (Wildman–Crippen MR) is 138 cm³/mol. The first-order valence-electron chi connectivity index (χ1n) is 11.7. The second-order valence-corrected chi connectivity index (χ2v) is 12.5. The Balaban J connectivity index is 1.58. The zero-order valence-electron chi connectivity index (χ0n) is 19.3. The number of carboxylic acid groups (broad SMARTS) is 1. The van der Waals surface area contributed by atoms with Crippen molar-refractivity contribution in [3.63, 3.8) is 0 Å². The van der Waals surface area contributed by atoms with Crippen LogP contribution in [0.1, 0.15) is 29.6 Å². The number of carboxylic acids is 1. The van der Waals surface area contributed by atoms with Crippen LogP contribution in [0.15, 0.2) is 76.5 Å². The zero-order chi connectivity index (χ0) is 24.4. The van der Waals surface area contributed by atoms with E-state index in [9.17, 15) is 18.3 Å². The van der Waals surface area contributed by atoms with E-state index in [2.05, 4.69) is 4.90 Å². The molecule has 3 aromatic rings. The molecule has 0 bridgehead atoms. The lowest BCUT2D eigenvalue weighted by molar-refractivity contribution is 0.0697. The maximum atomic E-state index is 14.2. The molecular formula is C27H26N2O4S2. The summed E-state index contributed by atoms with van der Waals surface area (Å²) in [6, 6.07) is 20.3. The zero-order valence-corrected chi connectivity index (χ0v) is 21.0. The van der Waals surface area contributed by atoms with Crippen LogP contribution < -0.4 is 4.90 Å². The Morgan fingerprint density at radius 3 is 2.51 bits per heavy atom. The lowest BCUT2D eigenvalue weighted by atomic mass is 10.0. The van der Waals surface area contributed by atoms with Gasteiger partial charge in [0.1, 0.15) is 4.90 Å². The molecule has 180 valence electrons. The van der Waals surface area contributed by atoms with Gasteiger partial charge in [-0.3, -0.25) is 0 Å². The van der Waals surface area contributed by atoms with Crippen molar-refractivity contribution >= 4 is 39.1 Å². The highest BCUT2D eigenvalue weighted by Gasteiger charge is 2.56. The van der Waals surface area contributed by atoms with E-state index in [1.54, 1.807) is 28.6 Å². The van der Waals surface area contributed by atoms with E-state index < -0.39 is 16.0 Å². The van der Waals surface area contributed by atoms with E-state index in [4.69, 9.17) is 0 Å². The highest BCUT2D eigenvalue weighted by atomic mass is 32.2. The molecular weight excluding hydrogens is 480 g/mol. The minimum atomic E-state index is -3.74. The number of thioether (sulfide) groups is 1. The lowest BCUT2D eigenvalue weighted by Crippen LogP contribution is -2.38. The molecule has 0 radical (unpaired) electrons. The average molecular weight is 507 g/mol. The SMILES string of the molecule is CSc1cc2c(cc1-c1cccc(C(=O)O)c1)S(=O)(=O)N1CC3(CC3)CC1CN2c1ccccc1. The third-order valence-electron chi connectivity index (χ3n) is 7.56. The average Bonchev–Trinajstić information content (AvgIpc) is 3.54. The number of nitrogens with zero attached hydrogens (tertiary/aromatic N) is 2. The van der Waals surface area contributed by atoms with E-state index in [-0.39, 0.29) is 21.9 Å². The molecule has 2 aliphatic heterocycles. The predicted octanol–water partition coefficient (Wildman–Crippen LogP) is 5.47. The number of anilines is 2. The van der Waals surface area contributed by atoms with E-state index >= 15 is 0 Å². The van der Waals surface area contributed by atoms with Crippen molar-refractivity contribution in [1.82, 2.24) is 4.31 Å². The van der Waals surface area contributed by atoms with Gasteiger partial charge in [-0.1, -0.05) is 30.3 Å². The van der Waals surface area contributed by atoms with Crippen molar-refractivity contribution in [3.05, 3.63) is 72.3 Å². The minimum Gasteiger partial charge on any atom is -0.478 e. The number of benzene rings is 3. The van der Waals surface area contributed by atoms with Crippen LogP contribution in [0.5, 0.6) is 0 Å². The van der Waals surface area contributed by atoms with Gasteiger partial charge in [0.2, 0.25) is 10.0 Å². The molecule has 0 amide bonds. The van der Waals surface area contributed by atoms with Crippen LogP contribution in [-0.2, 0) is 10.0 Å². The highest BCUT2D eigenvalue weighted by molar-refractivity contribution is 7.98. The number of aromatic carboxylic acids is 1. The number of carbonyl (C=O) groups is 1. The maximum absolute atomic E-state index is 14.2. The molecule has 2 heterocycles. The summed E-state index contributed by atoms with van der Waals surface area (Å²) in [4.78, 5) is 14.9. The standard InChI is InChI=1S/C27H26N2O4S2/c1-34-24-14-23-25(13-22(24)18-6-5-7-19(12-18)26(30)31)35(32,33)29-17-27(10-11-27)15-21(29)16-28(23)20-8-3-2-4-9-20/h2-9,12-14,21H,10-11,15-17H2,1H3,(H,30,31). The fraction of sp³-hybridized carbons (Fsp3) is 0.296. The topological polar surface area (TPSA) is 77.9 Å². The molecule has 1 N–H and O–H groups in total. The number of fused-ring (bicyclic) bond motifs is 2. The molecule has 1 aliphatic carbocycles. The third kappa shape index (κ3) is 3.75. The smallest absolute Gasteiger partial charge is 0.335 e. The molecule has 3 aliphatic rings. The van der Waals surface area contributed by atoms with Gasteiger partial charge < -0.3 is 10.0 Å². The van der Waals surface area contributed by atoms with Gasteiger partial charge in [-0.15, -0.1) is 11.8 Å². The summed E-state index contributed by atoms with van der Waals surface area (Å²) in [7, 11) is -3.74. The Kier molecular flexibility index (Phi) is 5.25. The molecule has 35 heavy (non-hydrogen) atoms. The number of rotatable bonds is 4. The lowest BCUT2D eigenvalue weighted by Gasteiger charge is -2.28. The van der Waals surface area contributed by atoms with Gasteiger partial charge in [0, 0.05) is 29.7 Å². The van der Waals surface area contributed by atoms with Crippen LogP contribution >= 0.6 is 11.8 Å². The summed E-state index contributed by atoms with van der Waals surface area (Å²) in [5.74, 6) is -1.01. The first kappa shape index (κ1) is 22.6. The normalized spacial score (nSPS) is 21.9. The van der Waals surface area contributed by atoms with Crippen LogP contribution in [0.2, 0.25) is 0 Å². The summed E-state index contributed by atoms with van der Waals surface area (Å²) in [6.45, 7) is 1.19. The molecule has 1 saturated carbocycles. The molecule has 0 aromatic heterocycles. The summed E-state index contributed by atoms with van der Waals surface area (Å²) < 4.78 is 30.0. The minimum absolute atomic E-state index is 0.0772. The van der Waals surface area contributed by atoms with Crippen LogP contribution in [0.3, 0.4) is 0 Å². The molecule has 6 nitrogen and oxygen atoms in total. The molecule has 3 aromatic carbocycles. The molecule has 8 heteroatoms. The Bertz CT molecular complexity index is 1430. The van der Waals surface area contributed by atoms with Crippen molar-refractivity contribution in [3.8, 4) is 11.1 Å². The van der Waals surface area contributed by atoms with Gasteiger partial charge in [-0.25, -0.2) is 13.2 Å². The Morgan fingerprint density at radius 2 is 1.83 bits per heavy atom. The van der Waals surface area contributed by atoms with Crippen molar-refractivity contribution in [2.24, 2.45) is 5.41 Å². The van der Waals surface area contributed by atoms with Crippen molar-refractivity contribution in [2.45, 2.75) is 35.1 Å². The summed E-state index contributed by atoms with van der Waals surface area (Å²) in [6.07, 6.45) is 5.03. The first-order chi connectivity index (χ1) is 16.8. The summed E-state index contributed by atoms with van der Waals surface area (Å²) in [5.41, 5.74) is 3.38. The quantitative estimate of drug-likeness (QED) is 0.473. The molecule has 2 fully saturated rings. The molecule has 1 saturated heterocycles. The monoisotopic (exact) mass is 506 g/mol. The fourth-order valence-corrected chi connectivity index (χ4v) is 8.13.